The molecule has 0 unspecified atom stereocenters. The molecule has 0 aliphatic heterocycles. The molecule has 0 amide bonds. The van der Waals surface area contributed by atoms with E-state index in [2.05, 4.69) is 10.3 Å². The fourth-order valence-corrected chi connectivity index (χ4v) is 1.84. The van der Waals surface area contributed by atoms with Crippen molar-refractivity contribution >= 4 is 17.3 Å². The van der Waals surface area contributed by atoms with E-state index in [0.29, 0.717) is 11.7 Å². The molecule has 0 saturated carbocycles. The Bertz CT molecular complexity index is 688. The molecule has 2 N–H and O–H groups in total. The van der Waals surface area contributed by atoms with E-state index < -0.39 is 16.6 Å². The lowest BCUT2D eigenvalue weighted by atomic mass is 10.1. The second-order valence-corrected chi connectivity index (χ2v) is 4.37. The van der Waals surface area contributed by atoms with Gasteiger partial charge in [0.05, 0.1) is 17.2 Å². The number of para-hydroxylation sites is 1. The normalized spacial score (nSPS) is 10.4. The molecule has 0 fully saturated rings. The predicted molar refractivity (Wildman–Crippen MR) is 73.4 cm³/mol. The molecule has 0 saturated heterocycles. The molecular formula is C13H13N3O5. The van der Waals surface area contributed by atoms with Crippen molar-refractivity contribution in [1.29, 1.82) is 0 Å². The topological polar surface area (TPSA) is 119 Å². The van der Waals surface area contributed by atoms with Crippen LogP contribution in [0.2, 0.25) is 0 Å². The number of carboxylic acid groups (broad SMARTS) is 1. The van der Waals surface area contributed by atoms with Gasteiger partial charge < -0.3 is 14.8 Å². The van der Waals surface area contributed by atoms with E-state index in [9.17, 15) is 14.9 Å². The summed E-state index contributed by atoms with van der Waals surface area (Å²) in [5.74, 6) is -0.311. The van der Waals surface area contributed by atoms with E-state index in [1.54, 1.807) is 13.8 Å². The summed E-state index contributed by atoms with van der Waals surface area (Å²) >= 11 is 0. The molecule has 21 heavy (non-hydrogen) atoms. The molecular weight excluding hydrogens is 278 g/mol. The fourth-order valence-electron chi connectivity index (χ4n) is 1.84. The first-order valence-electron chi connectivity index (χ1n) is 6.07. The van der Waals surface area contributed by atoms with Crippen LogP contribution in [0.25, 0.3) is 0 Å². The van der Waals surface area contributed by atoms with E-state index in [4.69, 9.17) is 9.52 Å². The number of nitrogens with one attached hydrogen (secondary N) is 1. The Kier molecular flexibility index (Phi) is 3.88. The Labute approximate surface area is 119 Å². The van der Waals surface area contributed by atoms with Gasteiger partial charge in [-0.2, -0.15) is 0 Å². The van der Waals surface area contributed by atoms with Crippen LogP contribution in [0.5, 0.6) is 0 Å². The fraction of sp³-hybridized carbons (Fsp3) is 0.231. The van der Waals surface area contributed by atoms with Crippen molar-refractivity contribution in [3.05, 3.63) is 51.2 Å². The van der Waals surface area contributed by atoms with Gasteiger partial charge in [-0.1, -0.05) is 6.07 Å². The van der Waals surface area contributed by atoms with Gasteiger partial charge in [0.1, 0.15) is 17.0 Å². The molecule has 0 aliphatic rings. The number of aryl methyl sites for hydroxylation is 2. The summed E-state index contributed by atoms with van der Waals surface area (Å²) in [5.41, 5.74) is -0.0104. The first kappa shape index (κ1) is 14.5. The SMILES string of the molecule is Cc1nc(CNc2cccc(C(=O)O)c2[N+](=O)[O-])oc1C. The number of nitro benzene ring substituents is 1. The zero-order valence-electron chi connectivity index (χ0n) is 11.4. The summed E-state index contributed by atoms with van der Waals surface area (Å²) in [4.78, 5) is 25.5. The molecule has 8 heteroatoms. The number of anilines is 1. The molecule has 1 heterocycles. The Morgan fingerprint density at radius 2 is 2.19 bits per heavy atom. The largest absolute Gasteiger partial charge is 0.477 e. The molecule has 1 aromatic heterocycles. The van der Waals surface area contributed by atoms with Crippen molar-refractivity contribution in [1.82, 2.24) is 4.98 Å². The third-order valence-electron chi connectivity index (χ3n) is 2.95. The van der Waals surface area contributed by atoms with Crippen LogP contribution < -0.4 is 5.32 Å². The van der Waals surface area contributed by atoms with Crippen molar-refractivity contribution < 1.29 is 19.2 Å². The van der Waals surface area contributed by atoms with Gasteiger partial charge in [-0.05, 0) is 26.0 Å². The predicted octanol–water partition coefficient (Wildman–Crippen LogP) is 2.51. The van der Waals surface area contributed by atoms with Gasteiger partial charge in [0.15, 0.2) is 0 Å². The highest BCUT2D eigenvalue weighted by atomic mass is 16.6. The van der Waals surface area contributed by atoms with Gasteiger partial charge in [0, 0.05) is 0 Å². The second-order valence-electron chi connectivity index (χ2n) is 4.37. The van der Waals surface area contributed by atoms with Crippen LogP contribution in [-0.2, 0) is 6.54 Å². The smallest absolute Gasteiger partial charge is 0.342 e. The summed E-state index contributed by atoms with van der Waals surface area (Å²) in [5, 5.41) is 22.9. The van der Waals surface area contributed by atoms with E-state index in [1.807, 2.05) is 0 Å². The maximum Gasteiger partial charge on any atom is 0.342 e. The quantitative estimate of drug-likeness (QED) is 0.641. The van der Waals surface area contributed by atoms with Gasteiger partial charge in [0.25, 0.3) is 0 Å². The second kappa shape index (κ2) is 5.61. The van der Waals surface area contributed by atoms with Gasteiger partial charge in [-0.25, -0.2) is 9.78 Å². The third-order valence-corrected chi connectivity index (χ3v) is 2.95. The van der Waals surface area contributed by atoms with Crippen LogP contribution in [0.15, 0.2) is 22.6 Å². The number of aromatic carboxylic acids is 1. The lowest BCUT2D eigenvalue weighted by Gasteiger charge is -2.06. The van der Waals surface area contributed by atoms with E-state index >= 15 is 0 Å². The minimum Gasteiger partial charge on any atom is -0.477 e. The summed E-state index contributed by atoms with van der Waals surface area (Å²) in [7, 11) is 0. The van der Waals surface area contributed by atoms with Crippen LogP contribution in [-0.4, -0.2) is 21.0 Å². The Balaban J connectivity index is 2.29. The number of oxazole rings is 1. The number of aromatic nitrogens is 1. The summed E-state index contributed by atoms with van der Waals surface area (Å²) in [6, 6.07) is 4.06. The summed E-state index contributed by atoms with van der Waals surface area (Å²) in [6.07, 6.45) is 0. The van der Waals surface area contributed by atoms with Crippen LogP contribution in [0.1, 0.15) is 27.7 Å². The molecule has 2 rings (SSSR count). The zero-order valence-corrected chi connectivity index (χ0v) is 11.4. The molecule has 1 aromatic carbocycles. The molecule has 0 atom stereocenters. The minimum atomic E-state index is -1.35. The molecule has 110 valence electrons. The first-order valence-corrected chi connectivity index (χ1v) is 6.07. The van der Waals surface area contributed by atoms with Crippen LogP contribution in [0.3, 0.4) is 0 Å². The average molecular weight is 291 g/mol. The average Bonchev–Trinajstić information content (AvgIpc) is 2.74. The summed E-state index contributed by atoms with van der Waals surface area (Å²) in [6.45, 7) is 3.67. The number of carboxylic acids is 1. The zero-order chi connectivity index (χ0) is 15.6. The van der Waals surface area contributed by atoms with Gasteiger partial charge >= 0.3 is 11.7 Å². The number of carbonyl (C=O) groups is 1. The highest BCUT2D eigenvalue weighted by Crippen LogP contribution is 2.29. The minimum absolute atomic E-state index is 0.105. The number of hydrogen-bond donors (Lipinski definition) is 2. The van der Waals surface area contributed by atoms with Gasteiger partial charge in [0.2, 0.25) is 5.89 Å². The van der Waals surface area contributed by atoms with Crippen molar-refractivity contribution in [2.75, 3.05) is 5.32 Å². The number of rotatable bonds is 5. The third kappa shape index (κ3) is 2.99. The van der Waals surface area contributed by atoms with Crippen molar-refractivity contribution in [3.63, 3.8) is 0 Å². The molecule has 2 aromatic rings. The lowest BCUT2D eigenvalue weighted by Crippen LogP contribution is -2.08. The Morgan fingerprint density at radius 1 is 1.48 bits per heavy atom. The molecule has 0 radical (unpaired) electrons. The highest BCUT2D eigenvalue weighted by Gasteiger charge is 2.24. The first-order chi connectivity index (χ1) is 9.90. The number of hydrogen-bond acceptors (Lipinski definition) is 6. The highest BCUT2D eigenvalue weighted by molar-refractivity contribution is 5.95. The standard InChI is InChI=1S/C13H13N3O5/c1-7-8(2)21-11(15-7)6-14-10-5-3-4-9(13(17)18)12(10)16(19)20/h3-5,14H,6H2,1-2H3,(H,17,18). The monoisotopic (exact) mass is 291 g/mol. The van der Waals surface area contributed by atoms with E-state index in [1.165, 1.54) is 18.2 Å². The molecule has 0 bridgehead atoms. The maximum atomic E-state index is 11.1. The number of benzene rings is 1. The van der Waals surface area contributed by atoms with Crippen molar-refractivity contribution in [2.24, 2.45) is 0 Å². The van der Waals surface area contributed by atoms with Crippen LogP contribution >= 0.6 is 0 Å². The molecule has 8 nitrogen and oxygen atoms in total. The summed E-state index contributed by atoms with van der Waals surface area (Å²) < 4.78 is 5.35. The molecule has 0 aliphatic carbocycles. The van der Waals surface area contributed by atoms with Gasteiger partial charge in [-0.3, -0.25) is 10.1 Å². The molecule has 0 spiro atoms. The number of nitro groups is 1. The van der Waals surface area contributed by atoms with Crippen LogP contribution in [0, 0.1) is 24.0 Å². The van der Waals surface area contributed by atoms with Crippen molar-refractivity contribution in [2.45, 2.75) is 20.4 Å². The van der Waals surface area contributed by atoms with E-state index in [0.717, 1.165) is 5.69 Å². The Morgan fingerprint density at radius 3 is 2.71 bits per heavy atom. The van der Waals surface area contributed by atoms with E-state index in [-0.39, 0.29) is 17.8 Å². The number of nitrogens with zero attached hydrogens (tertiary/aromatic N) is 2. The van der Waals surface area contributed by atoms with Gasteiger partial charge in [-0.15, -0.1) is 0 Å². The van der Waals surface area contributed by atoms with Crippen LogP contribution in [0.4, 0.5) is 11.4 Å². The van der Waals surface area contributed by atoms with Crippen molar-refractivity contribution in [3.8, 4) is 0 Å². The Hall–Kier alpha value is -2.90. The maximum absolute atomic E-state index is 11.1. The lowest BCUT2D eigenvalue weighted by molar-refractivity contribution is -0.384.